The lowest BCUT2D eigenvalue weighted by Crippen LogP contribution is -2.68. The van der Waals surface area contributed by atoms with Crippen LogP contribution in [-0.2, 0) is 0 Å². The van der Waals surface area contributed by atoms with Gasteiger partial charge in [-0.1, -0.05) is 0 Å². The van der Waals surface area contributed by atoms with E-state index in [1.807, 2.05) is 18.2 Å². The van der Waals surface area contributed by atoms with E-state index in [1.54, 1.807) is 12.5 Å². The highest BCUT2D eigenvalue weighted by molar-refractivity contribution is 5.93. The summed E-state index contributed by atoms with van der Waals surface area (Å²) >= 11 is 0. The molecule has 7 nitrogen and oxygen atoms in total. The number of aromatic nitrogens is 1. The molecule has 0 aliphatic rings. The Bertz CT molecular complexity index is 606. The van der Waals surface area contributed by atoms with E-state index in [0.717, 1.165) is 21.9 Å². The van der Waals surface area contributed by atoms with Gasteiger partial charge in [-0.3, -0.25) is 0 Å². The summed E-state index contributed by atoms with van der Waals surface area (Å²) in [6.07, 6.45) is 4.78. The number of fused-ring (bicyclic) bond motifs is 2. The Morgan fingerprint density at radius 2 is 1.83 bits per heavy atom. The summed E-state index contributed by atoms with van der Waals surface area (Å²) in [5.41, 5.74) is 1.66. The van der Waals surface area contributed by atoms with Crippen LogP contribution in [0.25, 0.3) is 21.9 Å². The summed E-state index contributed by atoms with van der Waals surface area (Å²) in [6.45, 7) is 0. The Morgan fingerprint density at radius 1 is 1.11 bits per heavy atom. The second-order valence-electron chi connectivity index (χ2n) is 3.24. The zero-order chi connectivity index (χ0) is 13.2. The number of nitrogens with zero attached hydrogens (tertiary/aromatic N) is 1. The van der Waals surface area contributed by atoms with Crippen molar-refractivity contribution in [3.63, 3.8) is 0 Å². The smallest absolute Gasteiger partial charge is 0.325 e. The first-order chi connectivity index (χ1) is 8.43. The first-order valence-corrected chi connectivity index (χ1v) is 5.81. The van der Waals surface area contributed by atoms with E-state index in [1.165, 1.54) is 6.39 Å². The summed E-state index contributed by atoms with van der Waals surface area (Å²) < 4.78 is 44.2. The van der Waals surface area contributed by atoms with Gasteiger partial charge in [0.1, 0.15) is 5.52 Å². The van der Waals surface area contributed by atoms with Crippen LogP contribution in [0.5, 0.6) is 0 Å². The van der Waals surface area contributed by atoms with Crippen LogP contribution in [0.2, 0.25) is 0 Å². The molecule has 0 saturated heterocycles. The van der Waals surface area contributed by atoms with Crippen LogP contribution in [0.3, 0.4) is 0 Å². The Labute approximate surface area is 102 Å². The molecule has 1 aromatic carbocycles. The molecule has 0 aliphatic carbocycles. The number of oxazole rings is 1. The van der Waals surface area contributed by atoms with Crippen molar-refractivity contribution >= 4 is 21.9 Å². The van der Waals surface area contributed by atoms with Crippen LogP contribution in [0.1, 0.15) is 0 Å². The second-order valence-corrected chi connectivity index (χ2v) is 3.99. The monoisotopic (exact) mass is 271 g/mol. The normalized spacial score (nSPS) is 11.3. The molecule has 94 valence electrons. The summed E-state index contributed by atoms with van der Waals surface area (Å²) in [5, 5.41) is 2.12. The molecule has 2 aromatic heterocycles. The third-order valence-corrected chi connectivity index (χ3v) is 2.06. The molecular formula is C10H6ClNO6. The molecule has 0 N–H and O–H groups in total. The SMILES string of the molecule is [O-][Cl+3]([O-])([O-])[O-].c1nc2cc3cc[o+]cc3cc2o1. The van der Waals surface area contributed by atoms with Gasteiger partial charge < -0.3 is 4.42 Å². The fourth-order valence-electron chi connectivity index (χ4n) is 1.41. The molecule has 0 aliphatic heterocycles. The summed E-state index contributed by atoms with van der Waals surface area (Å²) in [6, 6.07) is 5.80. The highest BCUT2D eigenvalue weighted by Crippen LogP contribution is 2.21. The van der Waals surface area contributed by atoms with Gasteiger partial charge in [0.2, 0.25) is 0 Å². The van der Waals surface area contributed by atoms with E-state index in [2.05, 4.69) is 4.98 Å². The van der Waals surface area contributed by atoms with Crippen molar-refractivity contribution in [1.29, 1.82) is 0 Å². The molecule has 0 unspecified atom stereocenters. The molecule has 3 rings (SSSR count). The summed E-state index contributed by atoms with van der Waals surface area (Å²) in [7, 11) is -4.94. The Morgan fingerprint density at radius 3 is 2.56 bits per heavy atom. The van der Waals surface area contributed by atoms with Gasteiger partial charge in [-0.25, -0.2) is 28.0 Å². The van der Waals surface area contributed by atoms with E-state index in [-0.39, 0.29) is 0 Å². The van der Waals surface area contributed by atoms with Gasteiger partial charge >= 0.3 is 12.5 Å². The van der Waals surface area contributed by atoms with Crippen LogP contribution in [0.4, 0.5) is 0 Å². The van der Waals surface area contributed by atoms with Gasteiger partial charge in [0.15, 0.2) is 12.0 Å². The van der Waals surface area contributed by atoms with Gasteiger partial charge in [0.25, 0.3) is 0 Å². The number of hydrogen-bond acceptors (Lipinski definition) is 6. The fourth-order valence-corrected chi connectivity index (χ4v) is 1.41. The highest BCUT2D eigenvalue weighted by atomic mass is 35.7. The maximum absolute atomic E-state index is 8.49. The fraction of sp³-hybridized carbons (Fsp3) is 0. The van der Waals surface area contributed by atoms with Gasteiger partial charge in [-0.05, 0) is 12.1 Å². The zero-order valence-electron chi connectivity index (χ0n) is 8.74. The molecule has 3 aromatic rings. The molecular weight excluding hydrogens is 266 g/mol. The minimum Gasteiger partial charge on any atom is -0.443 e. The minimum atomic E-state index is -4.94. The topological polar surface area (TPSA) is 130 Å². The lowest BCUT2D eigenvalue weighted by molar-refractivity contribution is -2.00. The predicted molar refractivity (Wildman–Crippen MR) is 48.2 cm³/mol. The van der Waals surface area contributed by atoms with E-state index in [9.17, 15) is 0 Å². The summed E-state index contributed by atoms with van der Waals surface area (Å²) in [5.74, 6) is 0. The largest absolute Gasteiger partial charge is 0.443 e. The van der Waals surface area contributed by atoms with Crippen molar-refractivity contribution in [2.45, 2.75) is 0 Å². The van der Waals surface area contributed by atoms with Crippen LogP contribution in [0.15, 0.2) is 46.0 Å². The van der Waals surface area contributed by atoms with Crippen LogP contribution in [-0.4, -0.2) is 4.98 Å². The Hall–Kier alpha value is -1.77. The third-order valence-electron chi connectivity index (χ3n) is 2.06. The first kappa shape index (κ1) is 12.7. The van der Waals surface area contributed by atoms with Crippen molar-refractivity contribution in [1.82, 2.24) is 4.98 Å². The number of halogens is 1. The van der Waals surface area contributed by atoms with E-state index in [0.29, 0.717) is 0 Å². The van der Waals surface area contributed by atoms with Crippen molar-refractivity contribution in [2.75, 3.05) is 0 Å². The lowest BCUT2D eigenvalue weighted by atomic mass is 10.2. The molecule has 18 heavy (non-hydrogen) atoms. The van der Waals surface area contributed by atoms with Crippen LogP contribution >= 0.6 is 0 Å². The van der Waals surface area contributed by atoms with Gasteiger partial charge in [0.05, 0.1) is 5.39 Å². The van der Waals surface area contributed by atoms with Crippen molar-refractivity contribution < 1.29 is 37.7 Å². The predicted octanol–water partition coefficient (Wildman–Crippen LogP) is -1.90. The Kier molecular flexibility index (Phi) is 3.41. The zero-order valence-corrected chi connectivity index (χ0v) is 9.49. The van der Waals surface area contributed by atoms with E-state index >= 15 is 0 Å². The molecule has 0 radical (unpaired) electrons. The lowest BCUT2D eigenvalue weighted by Gasteiger charge is -2.17. The van der Waals surface area contributed by atoms with Gasteiger partial charge in [-0.15, -0.1) is 10.2 Å². The molecule has 8 heteroatoms. The van der Waals surface area contributed by atoms with Crippen LogP contribution in [0, 0.1) is 10.2 Å². The molecule has 0 amide bonds. The average molecular weight is 272 g/mol. The number of benzene rings is 1. The Balaban J connectivity index is 0.000000209. The second kappa shape index (κ2) is 4.84. The highest BCUT2D eigenvalue weighted by Gasteiger charge is 2.04. The molecule has 2 heterocycles. The van der Waals surface area contributed by atoms with Gasteiger partial charge in [0, 0.05) is 11.5 Å². The van der Waals surface area contributed by atoms with Gasteiger partial charge in [-0.2, -0.15) is 0 Å². The maximum atomic E-state index is 8.49. The first-order valence-electron chi connectivity index (χ1n) is 4.58. The van der Waals surface area contributed by atoms with E-state index < -0.39 is 10.2 Å². The third kappa shape index (κ3) is 3.36. The average Bonchev–Trinajstić information content (AvgIpc) is 2.70. The van der Waals surface area contributed by atoms with E-state index in [4.69, 9.17) is 27.5 Å². The molecule has 0 bridgehead atoms. The number of hydrogen-bond donors (Lipinski definition) is 0. The van der Waals surface area contributed by atoms with Crippen molar-refractivity contribution in [3.8, 4) is 0 Å². The van der Waals surface area contributed by atoms with Crippen molar-refractivity contribution in [3.05, 3.63) is 37.1 Å². The summed E-state index contributed by atoms with van der Waals surface area (Å²) in [4.78, 5) is 4.07. The van der Waals surface area contributed by atoms with Crippen LogP contribution < -0.4 is 18.6 Å². The standard InChI is InChI=1S/C10H6NO2.ClHO4/c1-2-12-5-8-4-10-9(3-7(1)8)11-6-13-10;2-1(3,4)5/h1-6H;(H,2,3,4,5)/q+1;/p-1. The molecule has 0 saturated carbocycles. The molecule has 0 fully saturated rings. The minimum absolute atomic E-state index is 0.786. The molecule has 0 spiro atoms. The quantitative estimate of drug-likeness (QED) is 0.436. The van der Waals surface area contributed by atoms with Crippen molar-refractivity contribution in [2.24, 2.45) is 0 Å². The maximum Gasteiger partial charge on any atom is 0.325 e. The number of rotatable bonds is 0. The molecule has 0 atom stereocenters.